The standard InChI is InChI=1S/C12H14N2.C4H4O4/c13-9-8-12-7-4-10-14(12)11-5-2-1-3-6-11;5-3(6)1-2-4(7)8/h1-7,10H,8-9,13H2;1-2H,(H,5,6)(H,7,8)/b;2-1+. The lowest BCUT2D eigenvalue weighted by Crippen LogP contribution is -2.07. The van der Waals surface area contributed by atoms with Crippen LogP contribution in [0.5, 0.6) is 0 Å². The maximum Gasteiger partial charge on any atom is 0.328 e. The van der Waals surface area contributed by atoms with E-state index in [0.717, 1.165) is 6.42 Å². The fourth-order valence-corrected chi connectivity index (χ4v) is 1.75. The number of nitrogens with zero attached hydrogens (tertiary/aromatic N) is 1. The molecule has 0 amide bonds. The Morgan fingerprint density at radius 2 is 1.59 bits per heavy atom. The molecule has 1 aromatic heterocycles. The molecule has 6 nitrogen and oxygen atoms in total. The fourth-order valence-electron chi connectivity index (χ4n) is 1.75. The molecule has 0 saturated heterocycles. The summed E-state index contributed by atoms with van der Waals surface area (Å²) >= 11 is 0. The van der Waals surface area contributed by atoms with E-state index in [4.69, 9.17) is 15.9 Å². The third-order valence-electron chi connectivity index (χ3n) is 2.64. The summed E-state index contributed by atoms with van der Waals surface area (Å²) in [5.41, 5.74) is 8.01. The average molecular weight is 302 g/mol. The summed E-state index contributed by atoms with van der Waals surface area (Å²) in [4.78, 5) is 19.1. The van der Waals surface area contributed by atoms with Crippen LogP contribution < -0.4 is 5.73 Å². The van der Waals surface area contributed by atoms with E-state index in [1.165, 1.54) is 11.4 Å². The van der Waals surface area contributed by atoms with E-state index >= 15 is 0 Å². The lowest BCUT2D eigenvalue weighted by Gasteiger charge is -2.07. The zero-order valence-corrected chi connectivity index (χ0v) is 11.9. The van der Waals surface area contributed by atoms with Crippen molar-refractivity contribution in [3.05, 3.63) is 66.5 Å². The van der Waals surface area contributed by atoms with Crippen molar-refractivity contribution in [3.63, 3.8) is 0 Å². The van der Waals surface area contributed by atoms with Gasteiger partial charge in [-0.1, -0.05) is 18.2 Å². The molecule has 0 radical (unpaired) electrons. The van der Waals surface area contributed by atoms with Gasteiger partial charge in [-0.3, -0.25) is 0 Å². The Morgan fingerprint density at radius 1 is 1.00 bits per heavy atom. The minimum Gasteiger partial charge on any atom is -0.478 e. The Balaban J connectivity index is 0.000000261. The average Bonchev–Trinajstić information content (AvgIpc) is 2.95. The zero-order chi connectivity index (χ0) is 16.4. The number of carbonyl (C=O) groups is 2. The molecule has 0 saturated carbocycles. The predicted molar refractivity (Wildman–Crippen MR) is 82.9 cm³/mol. The first-order chi connectivity index (χ1) is 10.5. The largest absolute Gasteiger partial charge is 0.478 e. The number of aromatic nitrogens is 1. The first-order valence-electron chi connectivity index (χ1n) is 6.60. The molecule has 2 rings (SSSR count). The van der Waals surface area contributed by atoms with Crippen molar-refractivity contribution < 1.29 is 19.8 Å². The molecule has 1 heterocycles. The Labute approximate surface area is 128 Å². The van der Waals surface area contributed by atoms with Gasteiger partial charge in [0.2, 0.25) is 0 Å². The SMILES string of the molecule is NCCc1cccn1-c1ccccc1.O=C(O)/C=C/C(=O)O. The lowest BCUT2D eigenvalue weighted by molar-refractivity contribution is -0.134. The summed E-state index contributed by atoms with van der Waals surface area (Å²) in [7, 11) is 0. The molecule has 6 heteroatoms. The number of aliphatic carboxylic acids is 2. The van der Waals surface area contributed by atoms with Gasteiger partial charge in [0.15, 0.2) is 0 Å². The molecule has 0 atom stereocenters. The molecule has 2 aromatic rings. The summed E-state index contributed by atoms with van der Waals surface area (Å²) in [6.45, 7) is 0.691. The van der Waals surface area contributed by atoms with Crippen LogP contribution in [0.4, 0.5) is 0 Å². The van der Waals surface area contributed by atoms with Gasteiger partial charge in [0, 0.05) is 36.2 Å². The monoisotopic (exact) mass is 302 g/mol. The molecule has 0 unspecified atom stereocenters. The van der Waals surface area contributed by atoms with Crippen molar-refractivity contribution in [2.45, 2.75) is 6.42 Å². The van der Waals surface area contributed by atoms with Crippen LogP contribution >= 0.6 is 0 Å². The van der Waals surface area contributed by atoms with E-state index < -0.39 is 11.9 Å². The summed E-state index contributed by atoms with van der Waals surface area (Å²) in [5, 5.41) is 15.6. The zero-order valence-electron chi connectivity index (χ0n) is 11.9. The summed E-state index contributed by atoms with van der Waals surface area (Å²) in [6.07, 6.45) is 4.10. The molecule has 0 aliphatic carbocycles. The Hall–Kier alpha value is -2.86. The Bertz CT molecular complexity index is 617. The van der Waals surface area contributed by atoms with E-state index in [1.54, 1.807) is 0 Å². The second-order valence-corrected chi connectivity index (χ2v) is 4.25. The molecule has 22 heavy (non-hydrogen) atoms. The van der Waals surface area contributed by atoms with Gasteiger partial charge < -0.3 is 20.5 Å². The molecule has 0 bridgehead atoms. The topological polar surface area (TPSA) is 106 Å². The number of hydrogen-bond acceptors (Lipinski definition) is 3. The highest BCUT2D eigenvalue weighted by Crippen LogP contribution is 2.12. The quantitative estimate of drug-likeness (QED) is 0.729. The van der Waals surface area contributed by atoms with Gasteiger partial charge in [-0.05, 0) is 30.8 Å². The summed E-state index contributed by atoms with van der Waals surface area (Å²) < 4.78 is 2.17. The van der Waals surface area contributed by atoms with Gasteiger partial charge in [-0.25, -0.2) is 9.59 Å². The van der Waals surface area contributed by atoms with E-state index in [-0.39, 0.29) is 0 Å². The van der Waals surface area contributed by atoms with Crippen LogP contribution in [0.25, 0.3) is 5.69 Å². The maximum atomic E-state index is 9.55. The second-order valence-electron chi connectivity index (χ2n) is 4.25. The minimum atomic E-state index is -1.26. The van der Waals surface area contributed by atoms with Gasteiger partial charge in [0.05, 0.1) is 0 Å². The first-order valence-corrected chi connectivity index (χ1v) is 6.60. The molecule has 0 spiro atoms. The van der Waals surface area contributed by atoms with E-state index in [1.807, 2.05) is 18.2 Å². The van der Waals surface area contributed by atoms with Crippen LogP contribution in [0.1, 0.15) is 5.69 Å². The van der Waals surface area contributed by atoms with Crippen molar-refractivity contribution in [1.82, 2.24) is 4.57 Å². The van der Waals surface area contributed by atoms with E-state index in [2.05, 4.69) is 35.0 Å². The van der Waals surface area contributed by atoms with Gasteiger partial charge >= 0.3 is 11.9 Å². The number of para-hydroxylation sites is 1. The highest BCUT2D eigenvalue weighted by molar-refractivity contribution is 5.89. The molecule has 0 fully saturated rings. The predicted octanol–water partition coefficient (Wildman–Crippen LogP) is 1.69. The third kappa shape index (κ3) is 6.06. The Morgan fingerprint density at radius 3 is 2.09 bits per heavy atom. The highest BCUT2D eigenvalue weighted by atomic mass is 16.4. The molecule has 4 N–H and O–H groups in total. The van der Waals surface area contributed by atoms with Crippen LogP contribution in [0.3, 0.4) is 0 Å². The van der Waals surface area contributed by atoms with Crippen LogP contribution in [-0.2, 0) is 16.0 Å². The van der Waals surface area contributed by atoms with Gasteiger partial charge in [0.25, 0.3) is 0 Å². The number of carboxylic acid groups (broad SMARTS) is 2. The summed E-state index contributed by atoms with van der Waals surface area (Å²) in [5.74, 6) is -2.51. The van der Waals surface area contributed by atoms with Crippen molar-refractivity contribution in [3.8, 4) is 5.69 Å². The minimum absolute atomic E-state index is 0.558. The maximum absolute atomic E-state index is 9.55. The number of benzene rings is 1. The van der Waals surface area contributed by atoms with E-state index in [9.17, 15) is 9.59 Å². The first kappa shape index (κ1) is 17.2. The summed E-state index contributed by atoms with van der Waals surface area (Å²) in [6, 6.07) is 14.5. The molecular formula is C16H18N2O4. The highest BCUT2D eigenvalue weighted by Gasteiger charge is 2.00. The third-order valence-corrected chi connectivity index (χ3v) is 2.64. The smallest absolute Gasteiger partial charge is 0.328 e. The molecule has 0 aliphatic rings. The molecule has 116 valence electrons. The normalized spacial score (nSPS) is 10.0. The van der Waals surface area contributed by atoms with Crippen LogP contribution in [0.2, 0.25) is 0 Å². The number of rotatable bonds is 5. The van der Waals surface area contributed by atoms with Crippen LogP contribution in [-0.4, -0.2) is 33.3 Å². The number of carboxylic acids is 2. The molecular weight excluding hydrogens is 284 g/mol. The lowest BCUT2D eigenvalue weighted by atomic mass is 10.3. The fraction of sp³-hybridized carbons (Fsp3) is 0.125. The van der Waals surface area contributed by atoms with Crippen molar-refractivity contribution in [2.24, 2.45) is 5.73 Å². The molecule has 1 aromatic carbocycles. The van der Waals surface area contributed by atoms with Crippen LogP contribution in [0, 0.1) is 0 Å². The van der Waals surface area contributed by atoms with Crippen molar-refractivity contribution >= 4 is 11.9 Å². The van der Waals surface area contributed by atoms with Crippen molar-refractivity contribution in [1.29, 1.82) is 0 Å². The number of nitrogens with two attached hydrogens (primary N) is 1. The number of hydrogen-bond donors (Lipinski definition) is 3. The Kier molecular flexibility index (Phi) is 7.15. The van der Waals surface area contributed by atoms with Gasteiger partial charge in [-0.2, -0.15) is 0 Å². The van der Waals surface area contributed by atoms with Crippen LogP contribution in [0.15, 0.2) is 60.8 Å². The van der Waals surface area contributed by atoms with Crippen molar-refractivity contribution in [2.75, 3.05) is 6.54 Å². The van der Waals surface area contributed by atoms with Gasteiger partial charge in [0.1, 0.15) is 0 Å². The van der Waals surface area contributed by atoms with Gasteiger partial charge in [-0.15, -0.1) is 0 Å². The molecule has 0 aliphatic heterocycles. The van der Waals surface area contributed by atoms with E-state index in [0.29, 0.717) is 18.7 Å². The second kappa shape index (κ2) is 9.15.